The molecule has 1 fully saturated rings. The summed E-state index contributed by atoms with van der Waals surface area (Å²) in [6, 6.07) is 11.2. The molecule has 0 spiro atoms. The molecule has 0 radical (unpaired) electrons. The lowest BCUT2D eigenvalue weighted by Crippen LogP contribution is -2.45. The molecule has 0 bridgehead atoms. The number of likely N-dealkylation sites (N-methyl/N-ethyl adjacent to an activating group) is 1. The molecule has 3 amide bonds. The summed E-state index contributed by atoms with van der Waals surface area (Å²) in [4.78, 5) is 53.6. The van der Waals surface area contributed by atoms with Gasteiger partial charge in [0.2, 0.25) is 5.91 Å². The van der Waals surface area contributed by atoms with E-state index in [1.54, 1.807) is 12.1 Å². The number of nitro groups is 1. The number of rotatable bonds is 5. The second-order valence-electron chi connectivity index (χ2n) is 7.51. The molecule has 4 rings (SSSR count). The van der Waals surface area contributed by atoms with Gasteiger partial charge in [0, 0.05) is 32.2 Å². The molecule has 2 aliphatic heterocycles. The summed E-state index contributed by atoms with van der Waals surface area (Å²) in [6.45, 7) is 2.89. The average Bonchev–Trinajstić information content (AvgIpc) is 2.99. The number of nitro benzene ring substituents is 1. The van der Waals surface area contributed by atoms with Crippen molar-refractivity contribution in [1.82, 2.24) is 9.80 Å². The smallest absolute Gasteiger partial charge is 0.282 e. The first-order valence-electron chi connectivity index (χ1n) is 9.83. The zero-order valence-electron chi connectivity index (χ0n) is 16.9. The fourth-order valence-corrected chi connectivity index (χ4v) is 3.85. The highest BCUT2D eigenvalue weighted by atomic mass is 16.6. The van der Waals surface area contributed by atoms with Gasteiger partial charge in [-0.2, -0.15) is 0 Å². The lowest BCUT2D eigenvalue weighted by Gasteiger charge is -2.35. The minimum atomic E-state index is -0.838. The highest BCUT2D eigenvalue weighted by Gasteiger charge is 2.41. The van der Waals surface area contributed by atoms with Gasteiger partial charge >= 0.3 is 0 Å². The summed E-state index contributed by atoms with van der Waals surface area (Å²) in [5.74, 6) is -2.11. The zero-order valence-corrected chi connectivity index (χ0v) is 16.9. The van der Waals surface area contributed by atoms with Crippen molar-refractivity contribution in [3.8, 4) is 0 Å². The predicted octanol–water partition coefficient (Wildman–Crippen LogP) is 1.58. The van der Waals surface area contributed by atoms with Crippen LogP contribution < -0.4 is 10.2 Å². The molecule has 10 nitrogen and oxygen atoms in total. The van der Waals surface area contributed by atoms with Gasteiger partial charge in [-0.1, -0.05) is 18.2 Å². The van der Waals surface area contributed by atoms with Gasteiger partial charge in [-0.3, -0.25) is 29.4 Å². The fraction of sp³-hybridized carbons (Fsp3) is 0.286. The van der Waals surface area contributed by atoms with Gasteiger partial charge in [-0.05, 0) is 25.2 Å². The number of nitrogens with zero attached hydrogens (tertiary/aromatic N) is 4. The van der Waals surface area contributed by atoms with Crippen molar-refractivity contribution in [3.63, 3.8) is 0 Å². The third-order valence-corrected chi connectivity index (χ3v) is 5.50. The Kier molecular flexibility index (Phi) is 5.38. The monoisotopic (exact) mass is 423 g/mol. The number of imide groups is 1. The SMILES string of the molecule is CN1CCN(c2ccccc2NC(=O)CN2C(=O)c3cccc([N+](=O)[O-])c3C2=O)CC1. The van der Waals surface area contributed by atoms with Crippen LogP contribution in [-0.2, 0) is 4.79 Å². The van der Waals surface area contributed by atoms with E-state index in [1.807, 2.05) is 12.1 Å². The van der Waals surface area contributed by atoms with Crippen LogP contribution in [0.1, 0.15) is 20.7 Å². The molecule has 2 aromatic rings. The van der Waals surface area contributed by atoms with Crippen molar-refractivity contribution in [3.05, 3.63) is 63.7 Å². The number of carbonyl (C=O) groups is 3. The van der Waals surface area contributed by atoms with Crippen LogP contribution >= 0.6 is 0 Å². The summed E-state index contributed by atoms with van der Waals surface area (Å²) < 4.78 is 0. The number of hydrogen-bond donors (Lipinski definition) is 1. The van der Waals surface area contributed by atoms with E-state index in [-0.39, 0.29) is 11.1 Å². The number of para-hydroxylation sites is 2. The van der Waals surface area contributed by atoms with Crippen LogP contribution in [0, 0.1) is 10.1 Å². The molecule has 0 saturated carbocycles. The Morgan fingerprint density at radius 2 is 1.74 bits per heavy atom. The molecule has 10 heteroatoms. The maximum atomic E-state index is 12.7. The van der Waals surface area contributed by atoms with Gasteiger partial charge in [0.05, 0.1) is 21.9 Å². The first-order valence-corrected chi connectivity index (χ1v) is 9.83. The Bertz CT molecular complexity index is 1080. The standard InChI is InChI=1S/C21H21N5O5/c1-23-9-11-24(12-10-23)16-7-3-2-6-15(16)22-18(27)13-25-20(28)14-5-4-8-17(26(30)31)19(14)21(25)29/h2-8H,9-13H2,1H3,(H,22,27). The number of nitrogens with one attached hydrogen (secondary N) is 1. The lowest BCUT2D eigenvalue weighted by molar-refractivity contribution is -0.385. The predicted molar refractivity (Wildman–Crippen MR) is 113 cm³/mol. The summed E-state index contributed by atoms with van der Waals surface area (Å²) in [5, 5.41) is 14.0. The first-order chi connectivity index (χ1) is 14.9. The van der Waals surface area contributed by atoms with Crippen molar-refractivity contribution in [2.24, 2.45) is 0 Å². The maximum absolute atomic E-state index is 12.7. The molecular formula is C21H21N5O5. The molecule has 0 aliphatic carbocycles. The summed E-state index contributed by atoms with van der Waals surface area (Å²) >= 11 is 0. The largest absolute Gasteiger partial charge is 0.367 e. The van der Waals surface area contributed by atoms with Gasteiger partial charge < -0.3 is 15.1 Å². The van der Waals surface area contributed by atoms with E-state index in [0.29, 0.717) is 5.69 Å². The van der Waals surface area contributed by atoms with Crippen LogP contribution in [0.15, 0.2) is 42.5 Å². The Morgan fingerprint density at radius 1 is 1.03 bits per heavy atom. The lowest BCUT2D eigenvalue weighted by atomic mass is 10.1. The van der Waals surface area contributed by atoms with Crippen molar-refractivity contribution in [1.29, 1.82) is 0 Å². The quantitative estimate of drug-likeness (QED) is 0.441. The molecule has 2 heterocycles. The van der Waals surface area contributed by atoms with E-state index in [0.717, 1.165) is 36.8 Å². The van der Waals surface area contributed by atoms with Crippen molar-refractivity contribution in [2.75, 3.05) is 50.0 Å². The summed E-state index contributed by atoms with van der Waals surface area (Å²) in [5.41, 5.74) is 0.661. The number of amides is 3. The highest BCUT2D eigenvalue weighted by molar-refractivity contribution is 6.24. The Labute approximate surface area is 178 Å². The molecule has 2 aromatic carbocycles. The Balaban J connectivity index is 1.50. The van der Waals surface area contributed by atoms with E-state index in [9.17, 15) is 24.5 Å². The normalized spacial score (nSPS) is 16.4. The van der Waals surface area contributed by atoms with E-state index in [1.165, 1.54) is 18.2 Å². The summed E-state index contributed by atoms with van der Waals surface area (Å²) in [7, 11) is 2.05. The van der Waals surface area contributed by atoms with Crippen molar-refractivity contribution >= 4 is 34.8 Å². The van der Waals surface area contributed by atoms with Gasteiger partial charge in [0.25, 0.3) is 17.5 Å². The second-order valence-corrected chi connectivity index (χ2v) is 7.51. The van der Waals surface area contributed by atoms with Crippen molar-refractivity contribution in [2.45, 2.75) is 0 Å². The van der Waals surface area contributed by atoms with E-state index < -0.39 is 34.9 Å². The van der Waals surface area contributed by atoms with Crippen LogP contribution in [0.25, 0.3) is 0 Å². The van der Waals surface area contributed by atoms with Gasteiger partial charge in [-0.15, -0.1) is 0 Å². The van der Waals surface area contributed by atoms with Crippen LogP contribution in [0.5, 0.6) is 0 Å². The van der Waals surface area contributed by atoms with Crippen LogP contribution in [-0.4, -0.2) is 72.2 Å². The molecular weight excluding hydrogens is 402 g/mol. The minimum absolute atomic E-state index is 0.0650. The topological polar surface area (TPSA) is 116 Å². The van der Waals surface area contributed by atoms with Gasteiger partial charge in [-0.25, -0.2) is 0 Å². The van der Waals surface area contributed by atoms with Crippen LogP contribution in [0.4, 0.5) is 17.1 Å². The Morgan fingerprint density at radius 3 is 2.45 bits per heavy atom. The number of anilines is 2. The number of piperazine rings is 1. The molecule has 0 unspecified atom stereocenters. The molecule has 1 saturated heterocycles. The van der Waals surface area contributed by atoms with Crippen LogP contribution in [0.3, 0.4) is 0 Å². The zero-order chi connectivity index (χ0) is 22.1. The number of fused-ring (bicyclic) bond motifs is 1. The minimum Gasteiger partial charge on any atom is -0.367 e. The second kappa shape index (κ2) is 8.15. The van der Waals surface area contributed by atoms with E-state index in [2.05, 4.69) is 22.2 Å². The highest BCUT2D eigenvalue weighted by Crippen LogP contribution is 2.31. The molecule has 31 heavy (non-hydrogen) atoms. The average molecular weight is 423 g/mol. The molecule has 1 N–H and O–H groups in total. The maximum Gasteiger partial charge on any atom is 0.282 e. The number of benzene rings is 2. The molecule has 0 aromatic heterocycles. The first kappa shape index (κ1) is 20.5. The van der Waals surface area contributed by atoms with E-state index in [4.69, 9.17) is 0 Å². The number of carbonyl (C=O) groups excluding carboxylic acids is 3. The molecule has 2 aliphatic rings. The van der Waals surface area contributed by atoms with Crippen molar-refractivity contribution < 1.29 is 19.3 Å². The Hall–Kier alpha value is -3.79. The van der Waals surface area contributed by atoms with Gasteiger partial charge in [0.15, 0.2) is 0 Å². The third kappa shape index (κ3) is 3.84. The van der Waals surface area contributed by atoms with Gasteiger partial charge in [0.1, 0.15) is 12.1 Å². The third-order valence-electron chi connectivity index (χ3n) is 5.50. The fourth-order valence-electron chi connectivity index (χ4n) is 3.85. The summed E-state index contributed by atoms with van der Waals surface area (Å²) in [6.07, 6.45) is 0. The van der Waals surface area contributed by atoms with Crippen LogP contribution in [0.2, 0.25) is 0 Å². The molecule has 0 atom stereocenters. The molecule has 160 valence electrons. The van der Waals surface area contributed by atoms with E-state index >= 15 is 0 Å². The number of hydrogen-bond acceptors (Lipinski definition) is 7.